The van der Waals surface area contributed by atoms with Crippen molar-refractivity contribution in [3.63, 3.8) is 0 Å². The van der Waals surface area contributed by atoms with Crippen molar-refractivity contribution in [2.75, 3.05) is 18.4 Å². The number of aromatic nitrogens is 2. The van der Waals surface area contributed by atoms with Crippen LogP contribution in [0.3, 0.4) is 0 Å². The van der Waals surface area contributed by atoms with E-state index in [1.807, 2.05) is 12.1 Å². The Labute approximate surface area is 172 Å². The predicted molar refractivity (Wildman–Crippen MR) is 104 cm³/mol. The number of hydrogen-bond donors (Lipinski definition) is 3. The van der Waals surface area contributed by atoms with E-state index >= 15 is 0 Å². The summed E-state index contributed by atoms with van der Waals surface area (Å²) in [7, 11) is 0. The fourth-order valence-electron chi connectivity index (χ4n) is 4.32. The average Bonchev–Trinajstić information content (AvgIpc) is 3.47. The molecule has 0 spiro atoms. The third kappa shape index (κ3) is 3.32. The minimum absolute atomic E-state index is 0.185. The summed E-state index contributed by atoms with van der Waals surface area (Å²) in [6, 6.07) is 5.25. The van der Waals surface area contributed by atoms with Crippen molar-refractivity contribution in [1.29, 1.82) is 0 Å². The van der Waals surface area contributed by atoms with Gasteiger partial charge in [-0.2, -0.15) is 0 Å². The van der Waals surface area contributed by atoms with Gasteiger partial charge in [0, 0.05) is 31.6 Å². The molecule has 2 aromatic rings. The first kappa shape index (κ1) is 18.7. The van der Waals surface area contributed by atoms with Crippen LogP contribution in [0, 0.1) is 0 Å². The molecule has 0 aliphatic carbocycles. The van der Waals surface area contributed by atoms with E-state index in [0.29, 0.717) is 37.0 Å². The lowest BCUT2D eigenvalue weighted by Gasteiger charge is -2.29. The van der Waals surface area contributed by atoms with Gasteiger partial charge in [-0.1, -0.05) is 17.2 Å². The summed E-state index contributed by atoms with van der Waals surface area (Å²) in [6.07, 6.45) is 1.56. The van der Waals surface area contributed by atoms with Gasteiger partial charge >= 0.3 is 6.01 Å². The highest BCUT2D eigenvalue weighted by Gasteiger charge is 2.39. The van der Waals surface area contributed by atoms with Gasteiger partial charge in [0.25, 0.3) is 5.91 Å². The Morgan fingerprint density at radius 2 is 2.10 bits per heavy atom. The van der Waals surface area contributed by atoms with Crippen molar-refractivity contribution in [1.82, 2.24) is 25.7 Å². The number of amides is 3. The minimum Gasteiger partial charge on any atom is -0.408 e. The summed E-state index contributed by atoms with van der Waals surface area (Å²) < 4.78 is 5.73. The molecule has 2 fully saturated rings. The van der Waals surface area contributed by atoms with Crippen molar-refractivity contribution in [3.8, 4) is 0 Å². The topological polar surface area (TPSA) is 129 Å². The first-order valence-electron chi connectivity index (χ1n) is 10.1. The molecule has 5 rings (SSSR count). The second kappa shape index (κ2) is 7.52. The summed E-state index contributed by atoms with van der Waals surface area (Å²) >= 11 is 0. The van der Waals surface area contributed by atoms with Crippen LogP contribution in [-0.4, -0.2) is 52.0 Å². The normalized spacial score (nSPS) is 23.6. The van der Waals surface area contributed by atoms with E-state index in [1.165, 1.54) is 0 Å². The lowest BCUT2D eigenvalue weighted by Crippen LogP contribution is -2.52. The lowest BCUT2D eigenvalue weighted by atomic mass is 10.0. The van der Waals surface area contributed by atoms with Crippen molar-refractivity contribution in [2.24, 2.45) is 0 Å². The molecule has 3 N–H and O–H groups in total. The zero-order chi connectivity index (χ0) is 20.7. The highest BCUT2D eigenvalue weighted by atomic mass is 16.4. The largest absolute Gasteiger partial charge is 0.408 e. The second-order valence-electron chi connectivity index (χ2n) is 7.83. The van der Waals surface area contributed by atoms with Gasteiger partial charge in [0.2, 0.25) is 17.7 Å². The molecule has 10 nitrogen and oxygen atoms in total. The number of anilines is 1. The SMILES string of the molecule is O=C1CCC(N2Cc3c(CNc4nnc(C5CCNC5)o4)cccc3C2=O)C(=O)N1. The third-order valence-electron chi connectivity index (χ3n) is 5.96. The molecule has 3 aliphatic heterocycles. The molecule has 3 aliphatic rings. The molecule has 2 saturated heterocycles. The number of fused-ring (bicyclic) bond motifs is 1. The van der Waals surface area contributed by atoms with E-state index in [4.69, 9.17) is 4.42 Å². The molecule has 1 aromatic heterocycles. The molecule has 0 radical (unpaired) electrons. The van der Waals surface area contributed by atoms with Gasteiger partial charge in [-0.25, -0.2) is 0 Å². The van der Waals surface area contributed by atoms with Crippen LogP contribution in [0.4, 0.5) is 6.01 Å². The van der Waals surface area contributed by atoms with Gasteiger partial charge < -0.3 is 20.0 Å². The Kier molecular flexibility index (Phi) is 4.70. The number of imide groups is 1. The molecule has 4 heterocycles. The fraction of sp³-hybridized carbons (Fsp3) is 0.450. The van der Waals surface area contributed by atoms with Crippen LogP contribution in [-0.2, 0) is 22.7 Å². The van der Waals surface area contributed by atoms with Crippen molar-refractivity contribution < 1.29 is 18.8 Å². The van der Waals surface area contributed by atoms with Crippen LogP contribution < -0.4 is 16.0 Å². The zero-order valence-electron chi connectivity index (χ0n) is 16.3. The van der Waals surface area contributed by atoms with Crippen LogP contribution in [0.1, 0.15) is 52.6 Å². The summed E-state index contributed by atoms with van der Waals surface area (Å²) in [4.78, 5) is 38.1. The average molecular weight is 410 g/mol. The van der Waals surface area contributed by atoms with Crippen LogP contribution >= 0.6 is 0 Å². The summed E-state index contributed by atoms with van der Waals surface area (Å²) in [5.41, 5.74) is 2.39. The standard InChI is InChI=1S/C20H22N6O4/c27-16-5-4-15(17(28)23-16)26-10-14-11(2-1-3-13(14)19(26)29)9-22-20-25-24-18(30-20)12-6-7-21-8-12/h1-3,12,15,21H,4-10H2,(H,22,25)(H,23,27,28). The van der Waals surface area contributed by atoms with Gasteiger partial charge in [-0.3, -0.25) is 19.7 Å². The molecule has 1 aromatic carbocycles. The maximum absolute atomic E-state index is 12.9. The fourth-order valence-corrected chi connectivity index (χ4v) is 4.32. The van der Waals surface area contributed by atoms with Crippen molar-refractivity contribution in [3.05, 3.63) is 40.8 Å². The van der Waals surface area contributed by atoms with Crippen molar-refractivity contribution >= 4 is 23.7 Å². The quantitative estimate of drug-likeness (QED) is 0.609. The van der Waals surface area contributed by atoms with Crippen LogP contribution in [0.15, 0.2) is 22.6 Å². The highest BCUT2D eigenvalue weighted by Crippen LogP contribution is 2.30. The summed E-state index contributed by atoms with van der Waals surface area (Å²) in [5.74, 6) is -0.0200. The predicted octanol–water partition coefficient (Wildman–Crippen LogP) is 0.520. The molecule has 156 valence electrons. The minimum atomic E-state index is -0.623. The van der Waals surface area contributed by atoms with E-state index in [1.54, 1.807) is 11.0 Å². The molecule has 30 heavy (non-hydrogen) atoms. The first-order chi connectivity index (χ1) is 14.6. The van der Waals surface area contributed by atoms with Crippen LogP contribution in [0.25, 0.3) is 0 Å². The van der Waals surface area contributed by atoms with Gasteiger partial charge in [0.1, 0.15) is 6.04 Å². The first-order valence-corrected chi connectivity index (χ1v) is 10.1. The number of nitrogens with one attached hydrogen (secondary N) is 3. The van der Waals surface area contributed by atoms with Gasteiger partial charge in [0.05, 0.1) is 5.92 Å². The number of hydrogen-bond acceptors (Lipinski definition) is 8. The number of piperidine rings is 1. The molecular formula is C20H22N6O4. The Bertz CT molecular complexity index is 1010. The number of nitrogens with zero attached hydrogens (tertiary/aromatic N) is 3. The number of benzene rings is 1. The maximum atomic E-state index is 12.9. The van der Waals surface area contributed by atoms with E-state index in [0.717, 1.165) is 30.6 Å². The van der Waals surface area contributed by atoms with Gasteiger partial charge in [0.15, 0.2) is 0 Å². The number of carbonyl (C=O) groups is 3. The van der Waals surface area contributed by atoms with E-state index in [9.17, 15) is 14.4 Å². The summed E-state index contributed by atoms with van der Waals surface area (Å²) in [5, 5.41) is 16.9. The molecule has 0 bridgehead atoms. The summed E-state index contributed by atoms with van der Waals surface area (Å²) in [6.45, 7) is 2.54. The molecule has 0 saturated carbocycles. The van der Waals surface area contributed by atoms with E-state index < -0.39 is 11.9 Å². The Hall–Kier alpha value is -3.27. The van der Waals surface area contributed by atoms with Crippen LogP contribution in [0.5, 0.6) is 0 Å². The highest BCUT2D eigenvalue weighted by molar-refractivity contribution is 6.05. The number of rotatable bonds is 5. The van der Waals surface area contributed by atoms with Gasteiger partial charge in [-0.15, -0.1) is 5.10 Å². The Morgan fingerprint density at radius 3 is 2.90 bits per heavy atom. The zero-order valence-corrected chi connectivity index (χ0v) is 16.3. The monoisotopic (exact) mass is 410 g/mol. The van der Waals surface area contributed by atoms with Crippen LogP contribution in [0.2, 0.25) is 0 Å². The molecule has 3 amide bonds. The molecule has 2 atom stereocenters. The van der Waals surface area contributed by atoms with Crippen molar-refractivity contribution in [2.45, 2.75) is 44.3 Å². The third-order valence-corrected chi connectivity index (χ3v) is 5.96. The number of carbonyl (C=O) groups excluding carboxylic acids is 3. The Balaban J connectivity index is 1.30. The molecular weight excluding hydrogens is 388 g/mol. The van der Waals surface area contributed by atoms with E-state index in [2.05, 4.69) is 26.1 Å². The molecule has 2 unspecified atom stereocenters. The second-order valence-corrected chi connectivity index (χ2v) is 7.83. The van der Waals surface area contributed by atoms with E-state index in [-0.39, 0.29) is 24.2 Å². The van der Waals surface area contributed by atoms with Gasteiger partial charge in [-0.05, 0) is 36.6 Å². The lowest BCUT2D eigenvalue weighted by molar-refractivity contribution is -0.136. The molecule has 10 heteroatoms. The Morgan fingerprint density at radius 1 is 1.20 bits per heavy atom. The maximum Gasteiger partial charge on any atom is 0.315 e. The smallest absolute Gasteiger partial charge is 0.315 e.